The molecule has 1 aromatic heterocycles. The van der Waals surface area contributed by atoms with Crippen molar-refractivity contribution in [3.8, 4) is 0 Å². The Hall–Kier alpha value is -2.32. The van der Waals surface area contributed by atoms with Crippen LogP contribution in [0.3, 0.4) is 0 Å². The monoisotopic (exact) mass is 382 g/mol. The molecule has 3 rings (SSSR count). The summed E-state index contributed by atoms with van der Waals surface area (Å²) < 4.78 is 11.0. The van der Waals surface area contributed by atoms with Crippen molar-refractivity contribution in [2.75, 3.05) is 13.2 Å². The van der Waals surface area contributed by atoms with Crippen LogP contribution in [-0.2, 0) is 14.3 Å². The number of nitrogens with one attached hydrogen (secondary N) is 2. The summed E-state index contributed by atoms with van der Waals surface area (Å²) in [6, 6.07) is 5.25. The van der Waals surface area contributed by atoms with Crippen molar-refractivity contribution in [1.29, 1.82) is 0 Å². The second-order valence-corrected chi connectivity index (χ2v) is 6.72. The summed E-state index contributed by atoms with van der Waals surface area (Å²) in [5.41, 5.74) is 0. The van der Waals surface area contributed by atoms with E-state index < -0.39 is 30.1 Å². The first-order valence-electron chi connectivity index (χ1n) is 7.59. The van der Waals surface area contributed by atoms with Crippen LogP contribution in [0.15, 0.2) is 24.3 Å². The van der Waals surface area contributed by atoms with Crippen LogP contribution in [0.1, 0.15) is 16.6 Å². The summed E-state index contributed by atoms with van der Waals surface area (Å²) in [5.74, 6) is -1.18. The van der Waals surface area contributed by atoms with Crippen LogP contribution in [0.4, 0.5) is 4.79 Å². The van der Waals surface area contributed by atoms with Gasteiger partial charge in [0.05, 0.1) is 17.7 Å². The van der Waals surface area contributed by atoms with Crippen molar-refractivity contribution in [3.05, 3.63) is 34.2 Å². The van der Waals surface area contributed by atoms with Gasteiger partial charge >= 0.3 is 18.0 Å². The third kappa shape index (κ3) is 3.54. The van der Waals surface area contributed by atoms with E-state index in [0.717, 1.165) is 10.1 Å². The van der Waals surface area contributed by atoms with Gasteiger partial charge in [0.2, 0.25) is 0 Å². The molecule has 2 N–H and O–H groups in total. The molecule has 1 aliphatic heterocycles. The topological polar surface area (TPSA) is 93.7 Å². The van der Waals surface area contributed by atoms with E-state index in [0.29, 0.717) is 5.02 Å². The minimum Gasteiger partial charge on any atom is -0.464 e. The number of esters is 2. The Labute approximate surface area is 152 Å². The van der Waals surface area contributed by atoms with E-state index in [1.807, 2.05) is 24.3 Å². The van der Waals surface area contributed by atoms with Crippen molar-refractivity contribution in [3.63, 3.8) is 0 Å². The Morgan fingerprint density at radius 3 is 2.72 bits per heavy atom. The van der Waals surface area contributed by atoms with E-state index in [1.165, 1.54) is 11.3 Å². The maximum absolute atomic E-state index is 12.3. The second-order valence-electron chi connectivity index (χ2n) is 5.29. The highest BCUT2D eigenvalue weighted by Gasteiger charge is 2.39. The molecule has 132 valence electrons. The highest BCUT2D eigenvalue weighted by atomic mass is 35.5. The molecule has 1 aliphatic rings. The molecule has 7 nitrogen and oxygen atoms in total. The molecule has 2 heterocycles. The average Bonchev–Trinajstić information content (AvgIpc) is 3.14. The number of carbonyl (C=O) groups is 3. The fraction of sp³-hybridized carbons (Fsp3) is 0.312. The Kier molecular flexibility index (Phi) is 5.10. The number of carbonyl (C=O) groups excluding carboxylic acids is 3. The molecule has 0 radical (unpaired) electrons. The number of thiophene rings is 1. The van der Waals surface area contributed by atoms with E-state index in [2.05, 4.69) is 10.6 Å². The standard InChI is InChI=1S/C16H15ClN2O5S/c1-2-23-14(20)12-9(18-16(22)19-12)7-24-15(21)13-11(17)8-5-3-4-6-10(8)25-13/h3-6,9,12H,2,7H2,1H3,(H2,18,19,22). The van der Waals surface area contributed by atoms with Gasteiger partial charge in [-0.05, 0) is 13.0 Å². The maximum Gasteiger partial charge on any atom is 0.349 e. The molecule has 0 spiro atoms. The lowest BCUT2D eigenvalue weighted by Gasteiger charge is -2.16. The first-order chi connectivity index (χ1) is 12.0. The van der Waals surface area contributed by atoms with Gasteiger partial charge in [-0.2, -0.15) is 0 Å². The molecule has 0 bridgehead atoms. The third-order valence-corrected chi connectivity index (χ3v) is 5.32. The minimum absolute atomic E-state index is 0.175. The van der Waals surface area contributed by atoms with Crippen LogP contribution >= 0.6 is 22.9 Å². The Morgan fingerprint density at radius 1 is 1.24 bits per heavy atom. The van der Waals surface area contributed by atoms with E-state index in [9.17, 15) is 14.4 Å². The van der Waals surface area contributed by atoms with Gasteiger partial charge in [-0.1, -0.05) is 29.8 Å². The fourth-order valence-corrected chi connectivity index (χ4v) is 3.91. The predicted octanol–water partition coefficient (Wildman–Crippen LogP) is 2.32. The van der Waals surface area contributed by atoms with Gasteiger partial charge in [-0.25, -0.2) is 14.4 Å². The molecule has 0 aliphatic carbocycles. The van der Waals surface area contributed by atoms with E-state index in [-0.39, 0.29) is 18.1 Å². The van der Waals surface area contributed by atoms with Crippen LogP contribution in [0.25, 0.3) is 10.1 Å². The number of hydrogen-bond donors (Lipinski definition) is 2. The van der Waals surface area contributed by atoms with Gasteiger partial charge in [0.15, 0.2) is 6.04 Å². The first kappa shape index (κ1) is 17.5. The highest BCUT2D eigenvalue weighted by molar-refractivity contribution is 7.21. The lowest BCUT2D eigenvalue weighted by Crippen LogP contribution is -2.44. The summed E-state index contributed by atoms with van der Waals surface area (Å²) in [5, 5.41) is 6.09. The van der Waals surface area contributed by atoms with Crippen LogP contribution in [-0.4, -0.2) is 43.3 Å². The lowest BCUT2D eigenvalue weighted by molar-refractivity contribution is -0.145. The average molecular weight is 383 g/mol. The molecule has 25 heavy (non-hydrogen) atoms. The summed E-state index contributed by atoms with van der Waals surface area (Å²) in [4.78, 5) is 35.9. The van der Waals surface area contributed by atoms with Crippen molar-refractivity contribution in [2.45, 2.75) is 19.0 Å². The number of ether oxygens (including phenoxy) is 2. The summed E-state index contributed by atoms with van der Waals surface area (Å²) in [6.45, 7) is 1.68. The minimum atomic E-state index is -0.905. The molecule has 2 aromatic rings. The number of rotatable bonds is 5. The summed E-state index contributed by atoms with van der Waals surface area (Å²) >= 11 is 7.47. The first-order valence-corrected chi connectivity index (χ1v) is 8.78. The number of fused-ring (bicyclic) bond motifs is 1. The SMILES string of the molecule is CCOC(=O)C1NC(=O)NC1COC(=O)c1sc2ccccc2c1Cl. The Balaban J connectivity index is 1.69. The lowest BCUT2D eigenvalue weighted by atomic mass is 10.1. The van der Waals surface area contributed by atoms with Crippen LogP contribution in [0.2, 0.25) is 5.02 Å². The van der Waals surface area contributed by atoms with Crippen molar-refractivity contribution in [2.24, 2.45) is 0 Å². The number of hydrogen-bond acceptors (Lipinski definition) is 6. The Morgan fingerprint density at radius 2 is 2.00 bits per heavy atom. The molecular weight excluding hydrogens is 368 g/mol. The summed E-state index contributed by atoms with van der Waals surface area (Å²) in [7, 11) is 0. The Bertz CT molecular complexity index is 837. The van der Waals surface area contributed by atoms with E-state index in [4.69, 9.17) is 21.1 Å². The molecule has 1 fully saturated rings. The molecule has 0 saturated carbocycles. The number of urea groups is 1. The van der Waals surface area contributed by atoms with Gasteiger partial charge in [-0.15, -0.1) is 11.3 Å². The van der Waals surface area contributed by atoms with E-state index >= 15 is 0 Å². The maximum atomic E-state index is 12.3. The van der Waals surface area contributed by atoms with Crippen molar-refractivity contribution in [1.82, 2.24) is 10.6 Å². The molecule has 1 aromatic carbocycles. The highest BCUT2D eigenvalue weighted by Crippen LogP contribution is 2.35. The number of halogens is 1. The van der Waals surface area contributed by atoms with Gasteiger partial charge in [0.25, 0.3) is 0 Å². The van der Waals surface area contributed by atoms with Crippen LogP contribution in [0.5, 0.6) is 0 Å². The van der Waals surface area contributed by atoms with Gasteiger partial charge in [-0.3, -0.25) is 0 Å². The van der Waals surface area contributed by atoms with Gasteiger partial charge in [0, 0.05) is 10.1 Å². The zero-order valence-electron chi connectivity index (χ0n) is 13.2. The van der Waals surface area contributed by atoms with Crippen molar-refractivity contribution >= 4 is 51.0 Å². The largest absolute Gasteiger partial charge is 0.464 e. The fourth-order valence-electron chi connectivity index (χ4n) is 2.50. The van der Waals surface area contributed by atoms with Gasteiger partial charge < -0.3 is 20.1 Å². The van der Waals surface area contributed by atoms with E-state index in [1.54, 1.807) is 6.92 Å². The smallest absolute Gasteiger partial charge is 0.349 e. The zero-order valence-corrected chi connectivity index (χ0v) is 14.8. The molecule has 9 heteroatoms. The molecule has 2 unspecified atom stereocenters. The molecule has 2 amide bonds. The van der Waals surface area contributed by atoms with Crippen LogP contribution < -0.4 is 10.6 Å². The normalized spacial score (nSPS) is 19.4. The van der Waals surface area contributed by atoms with Gasteiger partial charge in [0.1, 0.15) is 11.5 Å². The summed E-state index contributed by atoms with van der Waals surface area (Å²) in [6.07, 6.45) is 0. The number of amides is 2. The second kappa shape index (κ2) is 7.28. The molecule has 2 atom stereocenters. The molecule has 1 saturated heterocycles. The zero-order chi connectivity index (χ0) is 18.0. The quantitative estimate of drug-likeness (QED) is 0.774. The van der Waals surface area contributed by atoms with Crippen molar-refractivity contribution < 1.29 is 23.9 Å². The van der Waals surface area contributed by atoms with Crippen LogP contribution in [0, 0.1) is 0 Å². The molecular formula is C16H15ClN2O5S. The number of benzene rings is 1. The predicted molar refractivity (Wildman–Crippen MR) is 93.0 cm³/mol. The third-order valence-electron chi connectivity index (χ3n) is 3.66.